The molecule has 1 aliphatic heterocycles. The number of aromatic nitrogens is 2. The first-order chi connectivity index (χ1) is 19.5. The summed E-state index contributed by atoms with van der Waals surface area (Å²) in [5.74, 6) is -1.67. The number of benzene rings is 1. The van der Waals surface area contributed by atoms with Gasteiger partial charge in [-0.05, 0) is 75.4 Å². The molecule has 41 heavy (non-hydrogen) atoms. The van der Waals surface area contributed by atoms with Crippen LogP contribution in [-0.4, -0.2) is 80.8 Å². The molecule has 0 aliphatic carbocycles. The molecule has 2 bridgehead atoms. The molecule has 2 aromatic heterocycles. The fraction of sp³-hybridized carbons (Fsp3) is 0.433. The Morgan fingerprint density at radius 1 is 1.15 bits per heavy atom. The van der Waals surface area contributed by atoms with Crippen LogP contribution < -0.4 is 16.0 Å². The quantitative estimate of drug-likeness (QED) is 0.376. The molecule has 0 saturated carbocycles. The van der Waals surface area contributed by atoms with Gasteiger partial charge >= 0.3 is 0 Å². The zero-order valence-electron chi connectivity index (χ0n) is 23.9. The summed E-state index contributed by atoms with van der Waals surface area (Å²) in [6, 6.07) is 7.32. The Labute approximate surface area is 239 Å². The normalized spacial score (nSPS) is 20.1. The molecule has 0 fully saturated rings. The van der Waals surface area contributed by atoms with Crippen molar-refractivity contribution in [3.63, 3.8) is 0 Å². The molecule has 1 aliphatic rings. The van der Waals surface area contributed by atoms with Crippen molar-refractivity contribution in [1.82, 2.24) is 30.2 Å². The van der Waals surface area contributed by atoms with Gasteiger partial charge in [0.1, 0.15) is 11.7 Å². The van der Waals surface area contributed by atoms with Gasteiger partial charge in [0.15, 0.2) is 0 Å². The smallest absolute Gasteiger partial charge is 0.252 e. The summed E-state index contributed by atoms with van der Waals surface area (Å²) in [5.41, 5.74) is 4.74. The van der Waals surface area contributed by atoms with Gasteiger partial charge in [-0.25, -0.2) is 4.98 Å². The number of carbonyl (C=O) groups excluding carboxylic acids is 4. The second-order valence-electron chi connectivity index (χ2n) is 10.8. The van der Waals surface area contributed by atoms with Crippen molar-refractivity contribution in [3.05, 3.63) is 70.7 Å². The molecule has 0 saturated heterocycles. The number of amides is 4. The van der Waals surface area contributed by atoms with Crippen molar-refractivity contribution >= 4 is 29.3 Å². The Hall–Kier alpha value is -4.25. The largest absolute Gasteiger partial charge is 0.391 e. The highest BCUT2D eigenvalue weighted by Gasteiger charge is 2.29. The van der Waals surface area contributed by atoms with Gasteiger partial charge in [-0.2, -0.15) is 0 Å². The van der Waals surface area contributed by atoms with Crippen LogP contribution in [0.15, 0.2) is 42.7 Å². The first kappa shape index (κ1) is 29.7. The van der Waals surface area contributed by atoms with Gasteiger partial charge in [0, 0.05) is 37.1 Å². The number of hydrogen-bond donors (Lipinski definition) is 4. The van der Waals surface area contributed by atoms with Crippen LogP contribution in [0.25, 0.3) is 5.65 Å². The molecule has 1 aromatic carbocycles. The maximum atomic E-state index is 13.5. The van der Waals surface area contributed by atoms with Gasteiger partial charge in [0.05, 0.1) is 24.8 Å². The van der Waals surface area contributed by atoms with E-state index in [0.717, 1.165) is 22.3 Å². The molecule has 3 aromatic rings. The number of fused-ring (bicyclic) bond motifs is 3. The summed E-state index contributed by atoms with van der Waals surface area (Å²) in [6.07, 6.45) is 3.60. The van der Waals surface area contributed by atoms with E-state index in [2.05, 4.69) is 20.9 Å². The number of pyridine rings is 1. The van der Waals surface area contributed by atoms with Crippen LogP contribution in [-0.2, 0) is 27.2 Å². The second-order valence-corrected chi connectivity index (χ2v) is 10.8. The van der Waals surface area contributed by atoms with E-state index in [1.165, 1.54) is 11.8 Å². The molecular weight excluding hydrogens is 524 g/mol. The molecule has 11 nitrogen and oxygen atoms in total. The highest BCUT2D eigenvalue weighted by Crippen LogP contribution is 2.15. The van der Waals surface area contributed by atoms with Crippen molar-refractivity contribution in [3.8, 4) is 0 Å². The van der Waals surface area contributed by atoms with Gasteiger partial charge in [-0.1, -0.05) is 12.1 Å². The van der Waals surface area contributed by atoms with Crippen molar-refractivity contribution < 1.29 is 24.3 Å². The van der Waals surface area contributed by atoms with Gasteiger partial charge < -0.3 is 30.4 Å². The summed E-state index contributed by atoms with van der Waals surface area (Å²) >= 11 is 0. The lowest BCUT2D eigenvalue weighted by atomic mass is 10.00. The van der Waals surface area contributed by atoms with E-state index in [4.69, 9.17) is 0 Å². The molecule has 218 valence electrons. The Morgan fingerprint density at radius 2 is 1.93 bits per heavy atom. The zero-order chi connectivity index (χ0) is 29.7. The number of aryl methyl sites for hydroxylation is 3. The standard InChI is InChI=1S/C30H38N6O5/c1-18-9-10-23-13-22(18)8-5-11-31-25(38)17-35(16-20(3)33-30(41)27(21(4)37)34-29(23)40)26(39)14-24-15-32-28-19(2)7-6-12-36(24)28/h6-7,9-10,12-13,15,20-21,27,37H,5,8,11,14,16-17H2,1-4H3,(H,31,38)(H,33,41)(H,34,40)/t20-,21-,27+/m1/s1. The van der Waals surface area contributed by atoms with E-state index in [0.29, 0.717) is 30.6 Å². The van der Waals surface area contributed by atoms with E-state index >= 15 is 0 Å². The lowest BCUT2D eigenvalue weighted by Crippen LogP contribution is -2.56. The first-order valence-electron chi connectivity index (χ1n) is 13.9. The average molecular weight is 563 g/mol. The number of aliphatic hydroxyl groups excluding tert-OH is 1. The van der Waals surface area contributed by atoms with Crippen LogP contribution in [0.1, 0.15) is 53.0 Å². The zero-order valence-corrected chi connectivity index (χ0v) is 23.9. The Bertz CT molecular complexity index is 1450. The first-order valence-corrected chi connectivity index (χ1v) is 13.9. The number of rotatable bonds is 3. The minimum Gasteiger partial charge on any atom is -0.391 e. The Kier molecular flexibility index (Phi) is 9.38. The van der Waals surface area contributed by atoms with Gasteiger partial charge in [-0.3, -0.25) is 19.2 Å². The van der Waals surface area contributed by atoms with E-state index < -0.39 is 30.0 Å². The number of carbonyl (C=O) groups is 4. The lowest BCUT2D eigenvalue weighted by Gasteiger charge is -2.28. The van der Waals surface area contributed by atoms with E-state index in [1.807, 2.05) is 42.6 Å². The molecule has 4 rings (SSSR count). The van der Waals surface area contributed by atoms with Crippen molar-refractivity contribution in [2.24, 2.45) is 0 Å². The fourth-order valence-corrected chi connectivity index (χ4v) is 5.01. The third-order valence-electron chi connectivity index (χ3n) is 7.32. The van der Waals surface area contributed by atoms with E-state index in [-0.39, 0.29) is 31.3 Å². The number of hydrogen-bond acceptors (Lipinski definition) is 6. The molecular formula is C30H38N6O5. The summed E-state index contributed by atoms with van der Waals surface area (Å²) in [4.78, 5) is 58.4. The summed E-state index contributed by atoms with van der Waals surface area (Å²) in [6.45, 7) is 7.29. The molecule has 4 N–H and O–H groups in total. The Morgan fingerprint density at radius 3 is 2.68 bits per heavy atom. The fourth-order valence-electron chi connectivity index (χ4n) is 5.01. The van der Waals surface area contributed by atoms with E-state index in [1.54, 1.807) is 25.3 Å². The highest BCUT2D eigenvalue weighted by molar-refractivity contribution is 5.98. The third-order valence-corrected chi connectivity index (χ3v) is 7.32. The number of nitrogens with zero attached hydrogens (tertiary/aromatic N) is 3. The predicted molar refractivity (Wildman–Crippen MR) is 153 cm³/mol. The second kappa shape index (κ2) is 12.9. The third kappa shape index (κ3) is 7.29. The van der Waals surface area contributed by atoms with Crippen molar-refractivity contribution in [1.29, 1.82) is 0 Å². The summed E-state index contributed by atoms with van der Waals surface area (Å²) < 4.78 is 1.85. The SMILES string of the molecule is Cc1ccc2cc1CCCNC(=O)CN(C(=O)Cc1cnc3c(C)cccn13)C[C@@H](C)NC(=O)[C@H]([C@@H](C)O)NC2=O. The number of nitrogens with one attached hydrogen (secondary N) is 3. The van der Waals surface area contributed by atoms with Crippen LogP contribution in [0.2, 0.25) is 0 Å². The van der Waals surface area contributed by atoms with Gasteiger partial charge in [0.2, 0.25) is 17.7 Å². The molecule has 0 unspecified atom stereocenters. The molecule has 3 heterocycles. The van der Waals surface area contributed by atoms with Crippen LogP contribution >= 0.6 is 0 Å². The monoisotopic (exact) mass is 562 g/mol. The molecule has 0 spiro atoms. The van der Waals surface area contributed by atoms with Crippen molar-refractivity contribution in [2.45, 2.75) is 65.1 Å². The van der Waals surface area contributed by atoms with Crippen LogP contribution in [0.3, 0.4) is 0 Å². The van der Waals surface area contributed by atoms with Gasteiger partial charge in [-0.15, -0.1) is 0 Å². The average Bonchev–Trinajstić information content (AvgIpc) is 3.33. The highest BCUT2D eigenvalue weighted by atomic mass is 16.3. The number of imidazole rings is 1. The molecule has 0 radical (unpaired) electrons. The Balaban J connectivity index is 1.57. The van der Waals surface area contributed by atoms with Gasteiger partial charge in [0.25, 0.3) is 5.91 Å². The predicted octanol–water partition coefficient (Wildman–Crippen LogP) is 1.07. The molecule has 3 atom stereocenters. The lowest BCUT2D eigenvalue weighted by molar-refractivity contribution is -0.136. The van der Waals surface area contributed by atoms with Crippen LogP contribution in [0, 0.1) is 13.8 Å². The maximum absolute atomic E-state index is 13.5. The van der Waals surface area contributed by atoms with Crippen LogP contribution in [0.4, 0.5) is 0 Å². The number of aliphatic hydroxyl groups is 1. The van der Waals surface area contributed by atoms with E-state index in [9.17, 15) is 24.3 Å². The molecule has 11 heteroatoms. The topological polar surface area (TPSA) is 145 Å². The minimum atomic E-state index is -1.21. The summed E-state index contributed by atoms with van der Waals surface area (Å²) in [7, 11) is 0. The van der Waals surface area contributed by atoms with Crippen molar-refractivity contribution in [2.75, 3.05) is 19.6 Å². The summed E-state index contributed by atoms with van der Waals surface area (Å²) in [5, 5.41) is 18.6. The van der Waals surface area contributed by atoms with Crippen LogP contribution in [0.5, 0.6) is 0 Å². The minimum absolute atomic E-state index is 0.0137. The molecule has 4 amide bonds. The maximum Gasteiger partial charge on any atom is 0.252 e.